The second-order valence-corrected chi connectivity index (χ2v) is 5.79. The molecule has 2 rings (SSSR count). The van der Waals surface area contributed by atoms with Crippen molar-refractivity contribution in [3.05, 3.63) is 59.4 Å². The third-order valence-corrected chi connectivity index (χ3v) is 3.52. The van der Waals surface area contributed by atoms with Crippen LogP contribution in [0.3, 0.4) is 0 Å². The molecule has 1 unspecified atom stereocenters. The number of amides is 2. The molecular formula is C19H21FN2O4. The van der Waals surface area contributed by atoms with Gasteiger partial charge in [0.15, 0.2) is 24.3 Å². The monoisotopic (exact) mass is 360 g/mol. The summed E-state index contributed by atoms with van der Waals surface area (Å²) in [6.07, 6.45) is -0.993. The minimum absolute atomic E-state index is 0.0420. The molecule has 138 valence electrons. The summed E-state index contributed by atoms with van der Waals surface area (Å²) >= 11 is 0. The quantitative estimate of drug-likeness (QED) is 0.776. The molecule has 0 bridgehead atoms. The van der Waals surface area contributed by atoms with E-state index in [1.807, 2.05) is 26.0 Å². The number of ether oxygens (including phenoxy) is 2. The van der Waals surface area contributed by atoms with E-state index in [2.05, 4.69) is 10.9 Å². The van der Waals surface area contributed by atoms with Crippen LogP contribution in [0.1, 0.15) is 18.1 Å². The second-order valence-electron chi connectivity index (χ2n) is 5.79. The van der Waals surface area contributed by atoms with Crippen LogP contribution < -0.4 is 20.3 Å². The number of hydrazine groups is 1. The van der Waals surface area contributed by atoms with Crippen LogP contribution in [0.4, 0.5) is 4.39 Å². The summed E-state index contributed by atoms with van der Waals surface area (Å²) < 4.78 is 24.1. The Labute approximate surface area is 151 Å². The zero-order chi connectivity index (χ0) is 19.1. The van der Waals surface area contributed by atoms with Gasteiger partial charge in [0.05, 0.1) is 0 Å². The Morgan fingerprint density at radius 3 is 2.50 bits per heavy atom. The van der Waals surface area contributed by atoms with Crippen molar-refractivity contribution in [1.29, 1.82) is 0 Å². The van der Waals surface area contributed by atoms with Crippen LogP contribution in [0.5, 0.6) is 11.5 Å². The largest absolute Gasteiger partial charge is 0.483 e. The number of carbonyl (C=O) groups excluding carboxylic acids is 2. The van der Waals surface area contributed by atoms with E-state index < -0.39 is 23.7 Å². The van der Waals surface area contributed by atoms with Crippen molar-refractivity contribution < 1.29 is 23.5 Å². The van der Waals surface area contributed by atoms with E-state index in [-0.39, 0.29) is 12.4 Å². The maximum atomic E-state index is 13.5. The third kappa shape index (κ3) is 5.47. The molecule has 0 radical (unpaired) electrons. The lowest BCUT2D eigenvalue weighted by molar-refractivity contribution is -0.133. The number of aryl methyl sites for hydroxylation is 2. The van der Waals surface area contributed by atoms with Crippen molar-refractivity contribution >= 4 is 11.8 Å². The number of rotatable bonds is 6. The maximum absolute atomic E-state index is 13.5. The van der Waals surface area contributed by atoms with Gasteiger partial charge in [-0.1, -0.05) is 29.8 Å². The van der Waals surface area contributed by atoms with Crippen molar-refractivity contribution in [3.8, 4) is 11.5 Å². The number of benzene rings is 2. The Kier molecular flexibility index (Phi) is 6.54. The molecule has 0 heterocycles. The molecule has 0 fully saturated rings. The van der Waals surface area contributed by atoms with Gasteiger partial charge in [0.2, 0.25) is 0 Å². The van der Waals surface area contributed by atoms with Crippen LogP contribution in [0, 0.1) is 19.7 Å². The summed E-state index contributed by atoms with van der Waals surface area (Å²) in [5.74, 6) is -1.17. The number of carbonyl (C=O) groups is 2. The van der Waals surface area contributed by atoms with Crippen LogP contribution in [-0.4, -0.2) is 24.5 Å². The predicted octanol–water partition coefficient (Wildman–Crippen LogP) is 2.44. The van der Waals surface area contributed by atoms with Gasteiger partial charge in [0.25, 0.3) is 11.8 Å². The molecule has 0 saturated carbocycles. The highest BCUT2D eigenvalue weighted by Gasteiger charge is 2.17. The molecule has 6 nitrogen and oxygen atoms in total. The van der Waals surface area contributed by atoms with Crippen molar-refractivity contribution in [3.63, 3.8) is 0 Å². The van der Waals surface area contributed by atoms with E-state index in [0.717, 1.165) is 11.1 Å². The first-order valence-corrected chi connectivity index (χ1v) is 8.06. The standard InChI is InChI=1S/C19H21FN2O4/c1-12-8-9-16(13(2)10-12)25-11-18(23)21-22-19(24)14(3)26-17-7-5-4-6-15(17)20/h4-10,14H,11H2,1-3H3,(H,21,23)(H,22,24). The molecular weight excluding hydrogens is 339 g/mol. The molecule has 0 aliphatic carbocycles. The van der Waals surface area contributed by atoms with Gasteiger partial charge in [-0.25, -0.2) is 4.39 Å². The average Bonchev–Trinajstić information content (AvgIpc) is 2.60. The van der Waals surface area contributed by atoms with Crippen LogP contribution in [0.2, 0.25) is 0 Å². The molecule has 2 N–H and O–H groups in total. The molecule has 0 aromatic heterocycles. The van der Waals surface area contributed by atoms with Gasteiger partial charge < -0.3 is 9.47 Å². The van der Waals surface area contributed by atoms with Gasteiger partial charge >= 0.3 is 0 Å². The number of nitrogens with one attached hydrogen (secondary N) is 2. The Balaban J connectivity index is 1.77. The van der Waals surface area contributed by atoms with Crippen LogP contribution >= 0.6 is 0 Å². The Bertz CT molecular complexity index is 795. The Morgan fingerprint density at radius 2 is 1.81 bits per heavy atom. The highest BCUT2D eigenvalue weighted by Crippen LogP contribution is 2.18. The molecule has 0 spiro atoms. The SMILES string of the molecule is Cc1ccc(OCC(=O)NNC(=O)C(C)Oc2ccccc2F)c(C)c1. The lowest BCUT2D eigenvalue weighted by Crippen LogP contribution is -2.48. The van der Waals surface area contributed by atoms with Crippen molar-refractivity contribution in [2.45, 2.75) is 26.9 Å². The van der Waals surface area contributed by atoms with Crippen molar-refractivity contribution in [2.24, 2.45) is 0 Å². The first kappa shape index (κ1) is 19.2. The summed E-state index contributed by atoms with van der Waals surface area (Å²) in [5.41, 5.74) is 6.45. The van der Waals surface area contributed by atoms with E-state index in [4.69, 9.17) is 9.47 Å². The molecule has 0 aliphatic rings. The second kappa shape index (κ2) is 8.84. The van der Waals surface area contributed by atoms with E-state index in [0.29, 0.717) is 5.75 Å². The van der Waals surface area contributed by atoms with Crippen molar-refractivity contribution in [2.75, 3.05) is 6.61 Å². The van der Waals surface area contributed by atoms with Gasteiger partial charge in [0, 0.05) is 0 Å². The molecule has 2 aromatic rings. The van der Waals surface area contributed by atoms with Crippen LogP contribution in [0.15, 0.2) is 42.5 Å². The Hall–Kier alpha value is -3.09. The fourth-order valence-corrected chi connectivity index (χ4v) is 2.16. The topological polar surface area (TPSA) is 76.7 Å². The van der Waals surface area contributed by atoms with Gasteiger partial charge in [0.1, 0.15) is 5.75 Å². The third-order valence-electron chi connectivity index (χ3n) is 3.52. The summed E-state index contributed by atoms with van der Waals surface area (Å²) in [5, 5.41) is 0. The molecule has 26 heavy (non-hydrogen) atoms. The minimum atomic E-state index is -0.993. The first-order chi connectivity index (χ1) is 12.4. The average molecular weight is 360 g/mol. The molecule has 1 atom stereocenters. The Morgan fingerprint density at radius 1 is 1.08 bits per heavy atom. The van der Waals surface area contributed by atoms with Gasteiger partial charge in [-0.2, -0.15) is 0 Å². The molecule has 0 saturated heterocycles. The molecule has 2 amide bonds. The molecule has 0 aliphatic heterocycles. The van der Waals surface area contributed by atoms with Crippen LogP contribution in [0.25, 0.3) is 0 Å². The normalized spacial score (nSPS) is 11.4. The van der Waals surface area contributed by atoms with Crippen molar-refractivity contribution in [1.82, 2.24) is 10.9 Å². The summed E-state index contributed by atoms with van der Waals surface area (Å²) in [4.78, 5) is 23.7. The molecule has 7 heteroatoms. The smallest absolute Gasteiger partial charge is 0.279 e. The van der Waals surface area contributed by atoms with E-state index in [9.17, 15) is 14.0 Å². The minimum Gasteiger partial charge on any atom is -0.483 e. The molecule has 2 aromatic carbocycles. The highest BCUT2D eigenvalue weighted by atomic mass is 19.1. The van der Waals surface area contributed by atoms with Gasteiger partial charge in [-0.15, -0.1) is 0 Å². The fraction of sp³-hybridized carbons (Fsp3) is 0.263. The van der Waals surface area contributed by atoms with Crippen LogP contribution in [-0.2, 0) is 9.59 Å². The zero-order valence-corrected chi connectivity index (χ0v) is 14.8. The van der Waals surface area contributed by atoms with Gasteiger partial charge in [-0.3, -0.25) is 20.4 Å². The highest BCUT2D eigenvalue weighted by molar-refractivity contribution is 5.85. The lowest BCUT2D eigenvalue weighted by Gasteiger charge is -2.15. The first-order valence-electron chi connectivity index (χ1n) is 8.06. The maximum Gasteiger partial charge on any atom is 0.279 e. The summed E-state index contributed by atoms with van der Waals surface area (Å²) in [6, 6.07) is 11.3. The number of halogens is 1. The van der Waals surface area contributed by atoms with E-state index in [1.165, 1.54) is 25.1 Å². The number of hydrogen-bond acceptors (Lipinski definition) is 4. The van der Waals surface area contributed by atoms with E-state index in [1.54, 1.807) is 12.1 Å². The lowest BCUT2D eigenvalue weighted by atomic mass is 10.1. The fourth-order valence-electron chi connectivity index (χ4n) is 2.16. The zero-order valence-electron chi connectivity index (χ0n) is 14.8. The predicted molar refractivity (Wildman–Crippen MR) is 94.2 cm³/mol. The number of hydrogen-bond donors (Lipinski definition) is 2. The summed E-state index contributed by atoms with van der Waals surface area (Å²) in [6.45, 7) is 5.03. The van der Waals surface area contributed by atoms with Gasteiger partial charge in [-0.05, 0) is 44.5 Å². The summed E-state index contributed by atoms with van der Waals surface area (Å²) in [7, 11) is 0. The number of para-hydroxylation sites is 1. The van der Waals surface area contributed by atoms with E-state index >= 15 is 0 Å².